The summed E-state index contributed by atoms with van der Waals surface area (Å²) in [4.78, 5) is 0. The van der Waals surface area contributed by atoms with Crippen LogP contribution in [0.5, 0.6) is 0 Å². The minimum absolute atomic E-state index is 0.703. The van der Waals surface area contributed by atoms with Gasteiger partial charge in [0.1, 0.15) is 0 Å². The third-order valence-electron chi connectivity index (χ3n) is 3.41. The highest BCUT2D eigenvalue weighted by Crippen LogP contribution is 2.22. The van der Waals surface area contributed by atoms with Crippen LogP contribution in [0.4, 0.5) is 5.69 Å². The second kappa shape index (κ2) is 6.65. The molecule has 0 heterocycles. The topological polar surface area (TPSA) is 24.1 Å². The van der Waals surface area contributed by atoms with Crippen LogP contribution in [-0.4, -0.2) is 12.6 Å². The molecule has 2 rings (SSSR count). The third-order valence-corrected chi connectivity index (χ3v) is 3.41. The van der Waals surface area contributed by atoms with Crippen LogP contribution in [0, 0.1) is 0 Å². The molecule has 1 aliphatic rings. The van der Waals surface area contributed by atoms with Gasteiger partial charge in [-0.1, -0.05) is 31.9 Å². The molecule has 0 bridgehead atoms. The fraction of sp³-hybridized carbons (Fsp3) is 0.600. The second-order valence-corrected chi connectivity index (χ2v) is 5.00. The van der Waals surface area contributed by atoms with Gasteiger partial charge in [-0.2, -0.15) is 0 Å². The van der Waals surface area contributed by atoms with Crippen LogP contribution in [0.15, 0.2) is 24.3 Å². The summed E-state index contributed by atoms with van der Waals surface area (Å²) in [6.07, 6.45) is 6.63. The van der Waals surface area contributed by atoms with Crippen LogP contribution in [0.2, 0.25) is 0 Å². The van der Waals surface area contributed by atoms with Gasteiger partial charge in [0.25, 0.3) is 0 Å². The average molecular weight is 232 g/mol. The summed E-state index contributed by atoms with van der Waals surface area (Å²) in [7, 11) is 0. The summed E-state index contributed by atoms with van der Waals surface area (Å²) in [5.41, 5.74) is 2.66. The number of hydrogen-bond donors (Lipinski definition) is 2. The Morgan fingerprint density at radius 1 is 1.24 bits per heavy atom. The summed E-state index contributed by atoms with van der Waals surface area (Å²) in [6, 6.07) is 9.51. The smallest absolute Gasteiger partial charge is 0.0345 e. The highest BCUT2D eigenvalue weighted by molar-refractivity contribution is 5.46. The lowest BCUT2D eigenvalue weighted by molar-refractivity contribution is 0.675. The van der Waals surface area contributed by atoms with E-state index in [0.29, 0.717) is 6.04 Å². The Bertz CT molecular complexity index is 329. The monoisotopic (exact) mass is 232 g/mol. The number of nitrogens with one attached hydrogen (secondary N) is 2. The van der Waals surface area contributed by atoms with Crippen LogP contribution in [-0.2, 0) is 6.54 Å². The van der Waals surface area contributed by atoms with E-state index in [1.54, 1.807) is 0 Å². The summed E-state index contributed by atoms with van der Waals surface area (Å²) < 4.78 is 0. The van der Waals surface area contributed by atoms with Crippen molar-refractivity contribution < 1.29 is 0 Å². The predicted molar refractivity (Wildman–Crippen MR) is 74.3 cm³/mol. The minimum atomic E-state index is 0.703. The predicted octanol–water partition coefficient (Wildman–Crippen LogP) is 3.54. The van der Waals surface area contributed by atoms with Crippen molar-refractivity contribution in [1.82, 2.24) is 5.32 Å². The number of anilines is 1. The van der Waals surface area contributed by atoms with Crippen LogP contribution in [0.3, 0.4) is 0 Å². The molecule has 1 aliphatic carbocycles. The number of hydrogen-bond acceptors (Lipinski definition) is 2. The Labute approximate surface area is 105 Å². The van der Waals surface area contributed by atoms with Gasteiger partial charge in [0.05, 0.1) is 0 Å². The lowest BCUT2D eigenvalue weighted by Crippen LogP contribution is -2.16. The number of benzene rings is 1. The zero-order valence-electron chi connectivity index (χ0n) is 10.8. The van der Waals surface area contributed by atoms with E-state index in [2.05, 4.69) is 41.8 Å². The van der Waals surface area contributed by atoms with Crippen LogP contribution >= 0.6 is 0 Å². The highest BCUT2D eigenvalue weighted by Gasteiger charge is 2.14. The molecule has 0 atom stereocenters. The SMILES string of the molecule is CCCNCc1cccc(NC2CCCC2)c1. The van der Waals surface area contributed by atoms with Crippen molar-refractivity contribution in [2.45, 2.75) is 51.6 Å². The molecule has 0 aromatic heterocycles. The second-order valence-electron chi connectivity index (χ2n) is 5.00. The molecule has 0 aliphatic heterocycles. The maximum absolute atomic E-state index is 3.64. The Kier molecular flexibility index (Phi) is 4.87. The first kappa shape index (κ1) is 12.4. The van der Waals surface area contributed by atoms with Crippen molar-refractivity contribution in [3.63, 3.8) is 0 Å². The minimum Gasteiger partial charge on any atom is -0.382 e. The van der Waals surface area contributed by atoms with E-state index in [4.69, 9.17) is 0 Å². The van der Waals surface area contributed by atoms with Gasteiger partial charge >= 0.3 is 0 Å². The molecule has 0 radical (unpaired) electrons. The van der Waals surface area contributed by atoms with E-state index < -0.39 is 0 Å². The molecule has 94 valence electrons. The fourth-order valence-electron chi connectivity index (χ4n) is 2.49. The first-order chi connectivity index (χ1) is 8.38. The molecule has 0 spiro atoms. The van der Waals surface area contributed by atoms with E-state index in [0.717, 1.165) is 13.1 Å². The molecule has 0 unspecified atom stereocenters. The van der Waals surface area contributed by atoms with Gasteiger partial charge in [-0.05, 0) is 43.5 Å². The molecule has 2 nitrogen and oxygen atoms in total. The molecular weight excluding hydrogens is 208 g/mol. The molecule has 2 heteroatoms. The summed E-state index contributed by atoms with van der Waals surface area (Å²) in [6.45, 7) is 4.28. The molecule has 1 saturated carbocycles. The highest BCUT2D eigenvalue weighted by atomic mass is 14.9. The molecule has 1 aromatic rings. The largest absolute Gasteiger partial charge is 0.382 e. The van der Waals surface area contributed by atoms with E-state index in [1.807, 2.05) is 0 Å². The van der Waals surface area contributed by atoms with Crippen LogP contribution in [0.25, 0.3) is 0 Å². The fourth-order valence-corrected chi connectivity index (χ4v) is 2.49. The molecule has 17 heavy (non-hydrogen) atoms. The normalized spacial score (nSPS) is 16.3. The maximum atomic E-state index is 3.64. The molecule has 0 saturated heterocycles. The van der Waals surface area contributed by atoms with Gasteiger partial charge < -0.3 is 10.6 Å². The van der Waals surface area contributed by atoms with Gasteiger partial charge in [-0.15, -0.1) is 0 Å². The van der Waals surface area contributed by atoms with Gasteiger partial charge in [-0.25, -0.2) is 0 Å². The van der Waals surface area contributed by atoms with Crippen molar-refractivity contribution in [2.75, 3.05) is 11.9 Å². The van der Waals surface area contributed by atoms with Gasteiger partial charge in [0.2, 0.25) is 0 Å². The first-order valence-corrected chi connectivity index (χ1v) is 6.94. The van der Waals surface area contributed by atoms with Gasteiger partial charge in [0.15, 0.2) is 0 Å². The molecule has 1 aromatic carbocycles. The van der Waals surface area contributed by atoms with Crippen molar-refractivity contribution in [3.8, 4) is 0 Å². The Morgan fingerprint density at radius 3 is 2.82 bits per heavy atom. The summed E-state index contributed by atoms with van der Waals surface area (Å²) in [5, 5.41) is 7.09. The van der Waals surface area contributed by atoms with Crippen LogP contribution < -0.4 is 10.6 Å². The zero-order valence-corrected chi connectivity index (χ0v) is 10.8. The van der Waals surface area contributed by atoms with E-state index in [9.17, 15) is 0 Å². The average Bonchev–Trinajstić information content (AvgIpc) is 2.83. The third kappa shape index (κ3) is 4.04. The summed E-state index contributed by atoms with van der Waals surface area (Å²) in [5.74, 6) is 0. The van der Waals surface area contributed by atoms with Crippen molar-refractivity contribution >= 4 is 5.69 Å². The number of rotatable bonds is 6. The molecular formula is C15H24N2. The van der Waals surface area contributed by atoms with Crippen LogP contribution in [0.1, 0.15) is 44.6 Å². The van der Waals surface area contributed by atoms with Gasteiger partial charge in [0, 0.05) is 18.3 Å². The standard InChI is InChI=1S/C15H24N2/c1-2-10-16-12-13-6-5-9-15(11-13)17-14-7-3-4-8-14/h5-6,9,11,14,16-17H,2-4,7-8,10,12H2,1H3. The zero-order chi connectivity index (χ0) is 11.9. The van der Waals surface area contributed by atoms with Crippen molar-refractivity contribution in [2.24, 2.45) is 0 Å². The lowest BCUT2D eigenvalue weighted by Gasteiger charge is -2.14. The summed E-state index contributed by atoms with van der Waals surface area (Å²) >= 11 is 0. The Balaban J connectivity index is 1.86. The first-order valence-electron chi connectivity index (χ1n) is 6.94. The van der Waals surface area contributed by atoms with Crippen molar-refractivity contribution in [1.29, 1.82) is 0 Å². The van der Waals surface area contributed by atoms with Gasteiger partial charge in [-0.3, -0.25) is 0 Å². The quantitative estimate of drug-likeness (QED) is 0.733. The van der Waals surface area contributed by atoms with E-state index >= 15 is 0 Å². The Hall–Kier alpha value is -1.02. The Morgan fingerprint density at radius 2 is 2.06 bits per heavy atom. The van der Waals surface area contributed by atoms with E-state index in [1.165, 1.54) is 43.4 Å². The van der Waals surface area contributed by atoms with Crippen molar-refractivity contribution in [3.05, 3.63) is 29.8 Å². The molecule has 2 N–H and O–H groups in total. The lowest BCUT2D eigenvalue weighted by atomic mass is 10.1. The molecule has 0 amide bonds. The maximum Gasteiger partial charge on any atom is 0.0345 e. The van der Waals surface area contributed by atoms with E-state index in [-0.39, 0.29) is 0 Å². The molecule has 1 fully saturated rings.